The number of nitriles is 1. The number of aromatic hydroxyl groups is 1. The average Bonchev–Trinajstić information content (AvgIpc) is 3.44. The van der Waals surface area contributed by atoms with E-state index in [9.17, 15) is 20.0 Å². The van der Waals surface area contributed by atoms with E-state index in [0.717, 1.165) is 0 Å². The number of phenolic OH excluding ortho intramolecular Hbond substituents is 1. The summed E-state index contributed by atoms with van der Waals surface area (Å²) in [4.78, 5) is 29.5. The van der Waals surface area contributed by atoms with Crippen LogP contribution in [0.1, 0.15) is 22.5 Å². The van der Waals surface area contributed by atoms with Gasteiger partial charge in [0.2, 0.25) is 5.91 Å². The Labute approximate surface area is 212 Å². The lowest BCUT2D eigenvalue weighted by molar-refractivity contribution is -0.116. The Balaban J connectivity index is 1.93. The van der Waals surface area contributed by atoms with Crippen molar-refractivity contribution >= 4 is 23.3 Å². The lowest BCUT2D eigenvalue weighted by Gasteiger charge is -2.18. The Hall–Kier alpha value is -5.14. The maximum absolute atomic E-state index is 12.8. The molecule has 0 bridgehead atoms. The van der Waals surface area contributed by atoms with Crippen LogP contribution in [0.2, 0.25) is 0 Å². The molecule has 37 heavy (non-hydrogen) atoms. The first-order valence-corrected chi connectivity index (χ1v) is 11.2. The molecule has 0 spiro atoms. The number of phenols is 1. The number of hydrogen-bond donors (Lipinski definition) is 4. The van der Waals surface area contributed by atoms with Crippen LogP contribution in [-0.4, -0.2) is 35.6 Å². The molecule has 2 amide bonds. The van der Waals surface area contributed by atoms with Gasteiger partial charge < -0.3 is 30.6 Å². The zero-order chi connectivity index (χ0) is 26.4. The number of rotatable bonds is 8. The normalized spacial score (nSPS) is 10.4. The van der Waals surface area contributed by atoms with E-state index in [2.05, 4.69) is 21.7 Å². The highest BCUT2D eigenvalue weighted by atomic mass is 16.5. The number of amides is 2. The van der Waals surface area contributed by atoms with E-state index in [1.165, 1.54) is 25.5 Å². The van der Waals surface area contributed by atoms with Crippen LogP contribution < -0.4 is 21.1 Å². The summed E-state index contributed by atoms with van der Waals surface area (Å²) >= 11 is 0. The third kappa shape index (κ3) is 5.27. The number of nitrogens with one attached hydrogen (secondary N) is 2. The van der Waals surface area contributed by atoms with Gasteiger partial charge in [-0.1, -0.05) is 24.3 Å². The first-order chi connectivity index (χ1) is 18.0. The van der Waals surface area contributed by atoms with Gasteiger partial charge >= 0.3 is 0 Å². The summed E-state index contributed by atoms with van der Waals surface area (Å²) < 4.78 is 10.8. The van der Waals surface area contributed by atoms with E-state index < -0.39 is 5.91 Å². The number of methoxy groups -OCH3 is 1. The molecule has 5 N–H and O–H groups in total. The van der Waals surface area contributed by atoms with Crippen LogP contribution in [0.25, 0.3) is 22.4 Å². The second kappa shape index (κ2) is 11.1. The SMILES string of the molecule is COc1c(NC(=O)CCN)cccc1-c1cc(-c2ccccc2O)nc(NC(=O)c2ccco2)c1C#N. The van der Waals surface area contributed by atoms with Crippen molar-refractivity contribution in [2.45, 2.75) is 6.42 Å². The van der Waals surface area contributed by atoms with Crippen molar-refractivity contribution in [1.82, 2.24) is 4.98 Å². The van der Waals surface area contributed by atoms with Crippen LogP contribution in [0.15, 0.2) is 71.3 Å². The molecule has 0 aliphatic rings. The summed E-state index contributed by atoms with van der Waals surface area (Å²) in [7, 11) is 1.44. The number of carbonyl (C=O) groups excluding carboxylic acids is 2. The minimum absolute atomic E-state index is 0.0300. The molecular formula is C27H23N5O5. The molecule has 10 heteroatoms. The van der Waals surface area contributed by atoms with E-state index in [1.807, 2.05) is 0 Å². The number of anilines is 2. The lowest BCUT2D eigenvalue weighted by Crippen LogP contribution is -2.17. The number of hydrogen-bond acceptors (Lipinski definition) is 8. The molecule has 2 aromatic carbocycles. The molecule has 0 saturated carbocycles. The minimum Gasteiger partial charge on any atom is -0.507 e. The van der Waals surface area contributed by atoms with Crippen molar-refractivity contribution in [3.63, 3.8) is 0 Å². The fraction of sp³-hybridized carbons (Fsp3) is 0.111. The third-order valence-corrected chi connectivity index (χ3v) is 5.44. The molecule has 0 aliphatic heterocycles. The highest BCUT2D eigenvalue weighted by Crippen LogP contribution is 2.42. The molecule has 2 aromatic heterocycles. The number of aromatic nitrogens is 1. The van der Waals surface area contributed by atoms with Crippen molar-refractivity contribution in [3.8, 4) is 40.0 Å². The number of furan rings is 1. The van der Waals surface area contributed by atoms with Gasteiger partial charge in [-0.05, 0) is 36.4 Å². The topological polar surface area (TPSA) is 163 Å². The summed E-state index contributed by atoms with van der Waals surface area (Å²) in [6.45, 7) is 0.180. The predicted octanol–water partition coefficient (Wildman–Crippen LogP) is 4.13. The van der Waals surface area contributed by atoms with Gasteiger partial charge in [0.25, 0.3) is 5.91 Å². The van der Waals surface area contributed by atoms with Crippen molar-refractivity contribution < 1.29 is 23.8 Å². The van der Waals surface area contributed by atoms with Gasteiger partial charge in [0.15, 0.2) is 11.6 Å². The molecular weight excluding hydrogens is 474 g/mol. The molecule has 0 radical (unpaired) electrons. The monoisotopic (exact) mass is 497 g/mol. The number of nitrogens with zero attached hydrogens (tertiary/aromatic N) is 2. The standard InChI is InChI=1S/C27H23N5O5/c1-36-25-16(7-4-8-20(25)30-24(34)11-12-28)18-14-21(17-6-2-3-9-22(17)33)31-26(19(18)15-29)32-27(35)23-10-5-13-37-23/h2-10,13-14,33H,11-12,28H2,1H3,(H,30,34)(H,31,32,35). The van der Waals surface area contributed by atoms with E-state index in [4.69, 9.17) is 14.9 Å². The largest absolute Gasteiger partial charge is 0.507 e. The van der Waals surface area contributed by atoms with Crippen molar-refractivity contribution in [2.24, 2.45) is 5.73 Å². The van der Waals surface area contributed by atoms with Crippen LogP contribution in [0.3, 0.4) is 0 Å². The molecule has 10 nitrogen and oxygen atoms in total. The molecule has 0 saturated heterocycles. The van der Waals surface area contributed by atoms with E-state index in [1.54, 1.807) is 48.5 Å². The molecule has 0 atom stereocenters. The number of nitrogens with two attached hydrogens (primary N) is 1. The number of ether oxygens (including phenoxy) is 1. The molecule has 186 valence electrons. The highest BCUT2D eigenvalue weighted by Gasteiger charge is 2.23. The number of carbonyl (C=O) groups is 2. The van der Waals surface area contributed by atoms with E-state index in [-0.39, 0.29) is 41.8 Å². The molecule has 4 rings (SSSR count). The Morgan fingerprint density at radius 1 is 1.08 bits per heavy atom. The van der Waals surface area contributed by atoms with E-state index >= 15 is 0 Å². The molecule has 0 aliphatic carbocycles. The van der Waals surface area contributed by atoms with Gasteiger partial charge in [0.05, 0.1) is 24.8 Å². The van der Waals surface area contributed by atoms with Gasteiger partial charge in [0, 0.05) is 29.7 Å². The van der Waals surface area contributed by atoms with Crippen molar-refractivity contribution in [2.75, 3.05) is 24.3 Å². The fourth-order valence-electron chi connectivity index (χ4n) is 3.78. The van der Waals surface area contributed by atoms with Gasteiger partial charge in [-0.25, -0.2) is 4.98 Å². The zero-order valence-electron chi connectivity index (χ0n) is 19.8. The van der Waals surface area contributed by atoms with E-state index in [0.29, 0.717) is 33.8 Å². The van der Waals surface area contributed by atoms with Gasteiger partial charge in [-0.15, -0.1) is 0 Å². The maximum Gasteiger partial charge on any atom is 0.292 e. The van der Waals surface area contributed by atoms with Crippen LogP contribution >= 0.6 is 0 Å². The molecule has 2 heterocycles. The summed E-state index contributed by atoms with van der Waals surface area (Å²) in [6.07, 6.45) is 1.47. The minimum atomic E-state index is -0.607. The van der Waals surface area contributed by atoms with Crippen molar-refractivity contribution in [3.05, 3.63) is 78.3 Å². The zero-order valence-corrected chi connectivity index (χ0v) is 19.8. The maximum atomic E-state index is 12.8. The van der Waals surface area contributed by atoms with Crippen LogP contribution in [0.4, 0.5) is 11.5 Å². The average molecular weight is 498 g/mol. The van der Waals surface area contributed by atoms with Crippen LogP contribution in [0.5, 0.6) is 11.5 Å². The summed E-state index contributed by atoms with van der Waals surface area (Å²) in [5.41, 5.74) is 7.40. The highest BCUT2D eigenvalue weighted by molar-refractivity contribution is 6.03. The first kappa shape index (κ1) is 25.0. The first-order valence-electron chi connectivity index (χ1n) is 11.2. The second-order valence-corrected chi connectivity index (χ2v) is 7.81. The Morgan fingerprint density at radius 2 is 1.86 bits per heavy atom. The number of benzene rings is 2. The molecule has 0 unspecified atom stereocenters. The summed E-state index contributed by atoms with van der Waals surface area (Å²) in [5.74, 6) is -0.661. The molecule has 4 aromatic rings. The number of pyridine rings is 1. The summed E-state index contributed by atoms with van der Waals surface area (Å²) in [5, 5.41) is 26.0. The summed E-state index contributed by atoms with van der Waals surface area (Å²) in [6, 6.07) is 18.4. The van der Waals surface area contributed by atoms with Crippen LogP contribution in [0, 0.1) is 11.3 Å². The number of para-hydroxylation sites is 2. The Kier molecular flexibility index (Phi) is 7.47. The molecule has 0 fully saturated rings. The Bertz CT molecular complexity index is 1490. The van der Waals surface area contributed by atoms with Crippen LogP contribution in [-0.2, 0) is 4.79 Å². The van der Waals surface area contributed by atoms with Gasteiger partial charge in [0.1, 0.15) is 23.1 Å². The third-order valence-electron chi connectivity index (χ3n) is 5.44. The fourth-order valence-corrected chi connectivity index (χ4v) is 3.78. The van der Waals surface area contributed by atoms with Gasteiger partial charge in [-0.2, -0.15) is 5.26 Å². The lowest BCUT2D eigenvalue weighted by atomic mass is 9.96. The van der Waals surface area contributed by atoms with Gasteiger partial charge in [-0.3, -0.25) is 9.59 Å². The second-order valence-electron chi connectivity index (χ2n) is 7.81. The smallest absolute Gasteiger partial charge is 0.292 e. The predicted molar refractivity (Wildman–Crippen MR) is 137 cm³/mol. The Morgan fingerprint density at radius 3 is 2.54 bits per heavy atom. The van der Waals surface area contributed by atoms with Crippen molar-refractivity contribution in [1.29, 1.82) is 5.26 Å². The quantitative estimate of drug-likeness (QED) is 0.282.